The van der Waals surface area contributed by atoms with E-state index in [1.807, 2.05) is 0 Å². The number of primary amides is 1. The number of hydrogen-bond acceptors (Lipinski definition) is 6. The normalized spacial score (nSPS) is 13.0. The second kappa shape index (κ2) is 13.6. The Balaban J connectivity index is 3.37. The summed E-state index contributed by atoms with van der Waals surface area (Å²) in [6.07, 6.45) is 1.36. The first kappa shape index (κ1) is 29.7. The van der Waals surface area contributed by atoms with Gasteiger partial charge in [0, 0.05) is 12.6 Å². The fourth-order valence-electron chi connectivity index (χ4n) is 3.49. The van der Waals surface area contributed by atoms with E-state index in [9.17, 15) is 24.3 Å². The zero-order chi connectivity index (χ0) is 26.8. The molecule has 0 aromatic heterocycles. The Bertz CT molecular complexity index is 864. The number of rotatable bonds is 12. The van der Waals surface area contributed by atoms with E-state index in [4.69, 9.17) is 10.5 Å². The number of nitrogens with zero attached hydrogens (tertiary/aromatic N) is 1. The van der Waals surface area contributed by atoms with Crippen LogP contribution in [0.4, 0.5) is 4.79 Å². The van der Waals surface area contributed by atoms with Crippen molar-refractivity contribution in [2.24, 2.45) is 5.73 Å². The fraction of sp³-hybridized carbons (Fsp3) is 0.600. The van der Waals surface area contributed by atoms with E-state index < -0.39 is 54.0 Å². The molecule has 35 heavy (non-hydrogen) atoms. The lowest BCUT2D eigenvalue weighted by molar-refractivity contribution is -0.145. The van der Waals surface area contributed by atoms with Gasteiger partial charge in [-0.15, -0.1) is 0 Å². The van der Waals surface area contributed by atoms with Gasteiger partial charge in [-0.05, 0) is 58.7 Å². The average Bonchev–Trinajstić information content (AvgIpc) is 2.73. The first-order valence-electron chi connectivity index (χ1n) is 11.9. The number of aromatic hydroxyl groups is 1. The van der Waals surface area contributed by atoms with Crippen molar-refractivity contribution in [1.82, 2.24) is 15.5 Å². The summed E-state index contributed by atoms with van der Waals surface area (Å²) < 4.78 is 5.24. The molecule has 1 aromatic rings. The summed E-state index contributed by atoms with van der Waals surface area (Å²) in [5.41, 5.74) is 5.00. The third-order valence-electron chi connectivity index (χ3n) is 5.02. The van der Waals surface area contributed by atoms with E-state index in [1.165, 1.54) is 17.0 Å². The van der Waals surface area contributed by atoms with Gasteiger partial charge in [0.25, 0.3) is 0 Å². The second-order valence-corrected chi connectivity index (χ2v) is 9.70. The maximum atomic E-state index is 13.7. The number of carbonyl (C=O) groups is 4. The number of phenols is 1. The number of hydrogen-bond donors (Lipinski definition) is 4. The van der Waals surface area contributed by atoms with Crippen LogP contribution in [0.3, 0.4) is 0 Å². The SMILES string of the molecule is CCCCCNC(=O)C(c1ccc(O)cc1)N(C(=O)C(CC(N)=O)NC(=O)OC(C)(C)C)C(C)C. The molecule has 0 saturated heterocycles. The molecule has 0 bridgehead atoms. The largest absolute Gasteiger partial charge is 0.508 e. The Morgan fingerprint density at radius 3 is 2.17 bits per heavy atom. The van der Waals surface area contributed by atoms with Crippen LogP contribution >= 0.6 is 0 Å². The predicted molar refractivity (Wildman–Crippen MR) is 132 cm³/mol. The Kier molecular flexibility index (Phi) is 11.5. The van der Waals surface area contributed by atoms with Crippen molar-refractivity contribution in [2.75, 3.05) is 6.54 Å². The molecule has 2 atom stereocenters. The van der Waals surface area contributed by atoms with Crippen LogP contribution in [0.25, 0.3) is 0 Å². The topological polar surface area (TPSA) is 151 Å². The van der Waals surface area contributed by atoms with Gasteiger partial charge in [-0.1, -0.05) is 31.9 Å². The average molecular weight is 493 g/mol. The van der Waals surface area contributed by atoms with E-state index in [2.05, 4.69) is 17.6 Å². The molecule has 0 aliphatic heterocycles. The lowest BCUT2D eigenvalue weighted by Gasteiger charge is -2.37. The van der Waals surface area contributed by atoms with Gasteiger partial charge in [-0.25, -0.2) is 4.79 Å². The minimum Gasteiger partial charge on any atom is -0.508 e. The number of benzene rings is 1. The number of unbranched alkanes of at least 4 members (excludes halogenated alkanes) is 2. The van der Waals surface area contributed by atoms with E-state index >= 15 is 0 Å². The Morgan fingerprint density at radius 2 is 1.69 bits per heavy atom. The van der Waals surface area contributed by atoms with Crippen LogP contribution in [0.5, 0.6) is 5.75 Å². The van der Waals surface area contributed by atoms with Crippen LogP contribution in [0, 0.1) is 0 Å². The van der Waals surface area contributed by atoms with E-state index in [1.54, 1.807) is 46.8 Å². The summed E-state index contributed by atoms with van der Waals surface area (Å²) in [4.78, 5) is 52.5. The van der Waals surface area contributed by atoms with Crippen LogP contribution in [0.1, 0.15) is 78.8 Å². The number of nitrogens with one attached hydrogen (secondary N) is 2. The van der Waals surface area contributed by atoms with E-state index in [0.29, 0.717) is 12.1 Å². The molecule has 0 aliphatic carbocycles. The maximum absolute atomic E-state index is 13.7. The summed E-state index contributed by atoms with van der Waals surface area (Å²) >= 11 is 0. The summed E-state index contributed by atoms with van der Waals surface area (Å²) in [7, 11) is 0. The molecule has 4 amide bonds. The molecule has 5 N–H and O–H groups in total. The molecule has 10 heteroatoms. The zero-order valence-electron chi connectivity index (χ0n) is 21.6. The predicted octanol–water partition coefficient (Wildman–Crippen LogP) is 2.75. The smallest absolute Gasteiger partial charge is 0.408 e. The Morgan fingerprint density at radius 1 is 1.09 bits per heavy atom. The van der Waals surface area contributed by atoms with Crippen molar-refractivity contribution in [3.05, 3.63) is 29.8 Å². The molecule has 0 saturated carbocycles. The van der Waals surface area contributed by atoms with Gasteiger partial charge in [0.1, 0.15) is 23.4 Å². The monoisotopic (exact) mass is 492 g/mol. The van der Waals surface area contributed by atoms with Crippen LogP contribution < -0.4 is 16.4 Å². The van der Waals surface area contributed by atoms with Crippen molar-refractivity contribution in [1.29, 1.82) is 0 Å². The first-order valence-corrected chi connectivity index (χ1v) is 11.9. The second-order valence-electron chi connectivity index (χ2n) is 9.70. The van der Waals surface area contributed by atoms with Crippen LogP contribution in [0.15, 0.2) is 24.3 Å². The van der Waals surface area contributed by atoms with E-state index in [-0.39, 0.29) is 5.75 Å². The highest BCUT2D eigenvalue weighted by Crippen LogP contribution is 2.27. The molecule has 1 rings (SSSR count). The molecule has 1 aromatic carbocycles. The molecule has 0 spiro atoms. The number of phenolic OH excluding ortho intramolecular Hbond substituents is 1. The minimum atomic E-state index is -1.34. The van der Waals surface area contributed by atoms with Crippen LogP contribution in [0.2, 0.25) is 0 Å². The first-order chi connectivity index (χ1) is 16.3. The number of carbonyl (C=O) groups excluding carboxylic acids is 4. The van der Waals surface area contributed by atoms with Gasteiger partial charge in [0.2, 0.25) is 17.7 Å². The van der Waals surface area contributed by atoms with Gasteiger partial charge in [-0.3, -0.25) is 14.4 Å². The van der Waals surface area contributed by atoms with Crippen molar-refractivity contribution in [3.8, 4) is 5.75 Å². The van der Waals surface area contributed by atoms with Crippen molar-refractivity contribution >= 4 is 23.8 Å². The number of nitrogens with two attached hydrogens (primary N) is 1. The highest BCUT2D eigenvalue weighted by atomic mass is 16.6. The van der Waals surface area contributed by atoms with Crippen molar-refractivity contribution in [2.45, 2.75) is 91.0 Å². The lowest BCUT2D eigenvalue weighted by Crippen LogP contribution is -2.56. The highest BCUT2D eigenvalue weighted by Gasteiger charge is 2.38. The molecule has 196 valence electrons. The van der Waals surface area contributed by atoms with Crippen molar-refractivity contribution < 1.29 is 29.0 Å². The standard InChI is InChI=1S/C25H40N4O6/c1-7-8-9-14-27-22(32)21(17-10-12-18(30)13-11-17)29(16(2)3)23(33)19(15-20(26)31)28-24(34)35-25(4,5)6/h10-13,16,19,21,30H,7-9,14-15H2,1-6H3,(H2,26,31)(H,27,32)(H,28,34). The molecular weight excluding hydrogens is 452 g/mol. The number of ether oxygens (including phenoxy) is 1. The lowest BCUT2D eigenvalue weighted by atomic mass is 10.00. The van der Waals surface area contributed by atoms with Gasteiger partial charge in [0.15, 0.2) is 0 Å². The number of amides is 4. The minimum absolute atomic E-state index is 0.0106. The van der Waals surface area contributed by atoms with Gasteiger partial charge < -0.3 is 31.1 Å². The molecule has 0 fully saturated rings. The fourth-order valence-corrected chi connectivity index (χ4v) is 3.49. The zero-order valence-corrected chi connectivity index (χ0v) is 21.6. The summed E-state index contributed by atoms with van der Waals surface area (Å²) in [5.74, 6) is -1.86. The third kappa shape index (κ3) is 10.2. The molecular formula is C25H40N4O6. The Hall–Kier alpha value is -3.30. The summed E-state index contributed by atoms with van der Waals surface area (Å²) in [5, 5.41) is 15.0. The summed E-state index contributed by atoms with van der Waals surface area (Å²) in [6.45, 7) is 10.9. The molecule has 2 unspecified atom stereocenters. The van der Waals surface area contributed by atoms with Crippen LogP contribution in [-0.2, 0) is 19.1 Å². The quantitative estimate of drug-likeness (QED) is 0.329. The summed E-state index contributed by atoms with van der Waals surface area (Å²) in [6, 6.07) is 3.07. The van der Waals surface area contributed by atoms with Crippen molar-refractivity contribution in [3.63, 3.8) is 0 Å². The van der Waals surface area contributed by atoms with Crippen LogP contribution in [-0.4, -0.2) is 58.1 Å². The maximum Gasteiger partial charge on any atom is 0.408 e. The third-order valence-corrected chi connectivity index (χ3v) is 5.02. The Labute approximate surface area is 207 Å². The van der Waals surface area contributed by atoms with Gasteiger partial charge in [-0.2, -0.15) is 0 Å². The number of alkyl carbamates (subject to hydrolysis) is 1. The molecule has 10 nitrogen and oxygen atoms in total. The van der Waals surface area contributed by atoms with E-state index in [0.717, 1.165) is 19.3 Å². The van der Waals surface area contributed by atoms with Gasteiger partial charge >= 0.3 is 6.09 Å². The molecule has 0 radical (unpaired) electrons. The molecule has 0 heterocycles. The highest BCUT2D eigenvalue weighted by molar-refractivity contribution is 5.94. The van der Waals surface area contributed by atoms with Gasteiger partial charge in [0.05, 0.1) is 6.42 Å². The molecule has 0 aliphatic rings.